The average Bonchev–Trinajstić information content (AvgIpc) is 1.75. The Balaban J connectivity index is -0.0000000542. The molecule has 0 aromatic rings. The maximum absolute atomic E-state index is 8.56. The molecule has 0 aliphatic heterocycles. The molecule has 0 radical (unpaired) electrons. The van der Waals surface area contributed by atoms with E-state index in [1.54, 1.807) is 0 Å². The first-order valence-electron chi connectivity index (χ1n) is 1.65. The predicted octanol–water partition coefficient (Wildman–Crippen LogP) is 1.83. The molecule has 0 saturated heterocycles. The molecule has 0 unspecified atom stereocenters. The van der Waals surface area contributed by atoms with E-state index < -0.39 is 6.16 Å². The summed E-state index contributed by atoms with van der Waals surface area (Å²) in [5, 5.41) is 13.9. The highest BCUT2D eigenvalue weighted by atomic mass is 16.6. The summed E-state index contributed by atoms with van der Waals surface area (Å²) in [7, 11) is 0. The van der Waals surface area contributed by atoms with Crippen LogP contribution in [0.4, 0.5) is 4.79 Å². The predicted molar refractivity (Wildman–Crippen MR) is 33.2 cm³/mol. The van der Waals surface area contributed by atoms with E-state index in [9.17, 15) is 0 Å². The molecule has 8 heavy (non-hydrogen) atoms. The van der Waals surface area contributed by atoms with E-state index in [0.717, 1.165) is 0 Å². The van der Waals surface area contributed by atoms with Gasteiger partial charge in [0.25, 0.3) is 0 Å². The molecule has 0 aromatic heterocycles. The van der Waals surface area contributed by atoms with E-state index in [2.05, 4.69) is 26.3 Å². The van der Waals surface area contributed by atoms with Gasteiger partial charge >= 0.3 is 6.16 Å². The Morgan fingerprint density at radius 1 is 1.00 bits per heavy atom. The molecular formula is C5H10O3. The van der Waals surface area contributed by atoms with Crippen LogP contribution in [0.25, 0.3) is 0 Å². The van der Waals surface area contributed by atoms with E-state index in [4.69, 9.17) is 15.0 Å². The van der Waals surface area contributed by atoms with Crippen LogP contribution in [0, 0.1) is 0 Å². The van der Waals surface area contributed by atoms with Crippen LogP contribution in [0.5, 0.6) is 0 Å². The first-order valence-corrected chi connectivity index (χ1v) is 1.65. The van der Waals surface area contributed by atoms with Crippen molar-refractivity contribution >= 4 is 6.16 Å². The van der Waals surface area contributed by atoms with Crippen LogP contribution in [0.15, 0.2) is 26.3 Å². The maximum atomic E-state index is 8.56. The van der Waals surface area contributed by atoms with Crippen LogP contribution in [0.1, 0.15) is 0 Å². The Labute approximate surface area is 48.6 Å². The highest BCUT2D eigenvalue weighted by Gasteiger charge is 1.70. The van der Waals surface area contributed by atoms with Gasteiger partial charge in [-0.3, -0.25) is 0 Å². The summed E-state index contributed by atoms with van der Waals surface area (Å²) >= 11 is 0. The molecule has 0 rings (SSSR count). The van der Waals surface area contributed by atoms with Crippen molar-refractivity contribution in [2.24, 2.45) is 0 Å². The maximum Gasteiger partial charge on any atom is 0.503 e. The second kappa shape index (κ2) is 42.4. The molecule has 0 spiro atoms. The normalized spacial score (nSPS) is 4.00. The van der Waals surface area contributed by atoms with Crippen molar-refractivity contribution in [1.82, 2.24) is 0 Å². The molecule has 0 aliphatic rings. The minimum absolute atomic E-state index is 1.83. The summed E-state index contributed by atoms with van der Waals surface area (Å²) in [6, 6.07) is 0. The van der Waals surface area contributed by atoms with E-state index in [0.29, 0.717) is 0 Å². The van der Waals surface area contributed by atoms with Crippen molar-refractivity contribution in [3.63, 3.8) is 0 Å². The van der Waals surface area contributed by atoms with Crippen molar-refractivity contribution in [3.05, 3.63) is 26.3 Å². The Morgan fingerprint density at radius 2 is 1.00 bits per heavy atom. The largest absolute Gasteiger partial charge is 0.503 e. The summed E-state index contributed by atoms with van der Waals surface area (Å²) in [6.07, 6.45) is -1.83. The van der Waals surface area contributed by atoms with Gasteiger partial charge in [-0.05, 0) is 0 Å². The molecule has 2 N–H and O–H groups in total. The van der Waals surface area contributed by atoms with Gasteiger partial charge in [0, 0.05) is 0 Å². The molecule has 3 heteroatoms. The number of carboxylic acid groups (broad SMARTS) is 2. The third kappa shape index (κ3) is 42.8. The monoisotopic (exact) mass is 118 g/mol. The Hall–Kier alpha value is -1.25. The Bertz CT molecular complexity index is 45.6. The van der Waals surface area contributed by atoms with Gasteiger partial charge in [0.2, 0.25) is 0 Å². The number of hydrogen-bond donors (Lipinski definition) is 2. The number of hydrogen-bond acceptors (Lipinski definition) is 1. The highest BCUT2D eigenvalue weighted by Crippen LogP contribution is 1.42. The summed E-state index contributed by atoms with van der Waals surface area (Å²) in [4.78, 5) is 8.56. The molecule has 0 amide bonds. The molecule has 0 saturated carbocycles. The zero-order valence-corrected chi connectivity index (χ0v) is 4.63. The van der Waals surface area contributed by atoms with Gasteiger partial charge in [-0.1, -0.05) is 0 Å². The molecule has 0 bridgehead atoms. The lowest BCUT2D eigenvalue weighted by Gasteiger charge is -1.60. The van der Waals surface area contributed by atoms with Gasteiger partial charge < -0.3 is 10.2 Å². The van der Waals surface area contributed by atoms with Crippen LogP contribution < -0.4 is 0 Å². The lowest BCUT2D eigenvalue weighted by atomic mass is 11.3. The Kier molecular flexibility index (Phi) is 84.0. The molecule has 48 valence electrons. The molecule has 0 aromatic carbocycles. The summed E-state index contributed by atoms with van der Waals surface area (Å²) < 4.78 is 0. The highest BCUT2D eigenvalue weighted by molar-refractivity contribution is 5.53. The van der Waals surface area contributed by atoms with Crippen molar-refractivity contribution in [2.45, 2.75) is 0 Å². The van der Waals surface area contributed by atoms with Crippen molar-refractivity contribution in [1.29, 1.82) is 0 Å². The molecule has 3 nitrogen and oxygen atoms in total. The summed E-state index contributed by atoms with van der Waals surface area (Å²) in [6.45, 7) is 12.0. The van der Waals surface area contributed by atoms with E-state index >= 15 is 0 Å². The fourth-order valence-corrected chi connectivity index (χ4v) is 0. The topological polar surface area (TPSA) is 57.5 Å². The van der Waals surface area contributed by atoms with Crippen molar-refractivity contribution < 1.29 is 15.0 Å². The van der Waals surface area contributed by atoms with Gasteiger partial charge in [-0.15, -0.1) is 26.3 Å². The lowest BCUT2D eigenvalue weighted by Crippen LogP contribution is -1.81. The molecule has 0 aliphatic carbocycles. The zero-order valence-electron chi connectivity index (χ0n) is 4.63. The van der Waals surface area contributed by atoms with Crippen molar-refractivity contribution in [3.8, 4) is 0 Å². The lowest BCUT2D eigenvalue weighted by molar-refractivity contribution is 0.137. The van der Waals surface area contributed by atoms with Gasteiger partial charge in [-0.25, -0.2) is 4.79 Å². The molecule has 0 heterocycles. The van der Waals surface area contributed by atoms with Crippen LogP contribution in [0.3, 0.4) is 0 Å². The molecular weight excluding hydrogens is 108 g/mol. The van der Waals surface area contributed by atoms with Crippen molar-refractivity contribution in [2.75, 3.05) is 0 Å². The third-order valence-electron chi connectivity index (χ3n) is 0. The second-order valence-corrected chi connectivity index (χ2v) is 0.283. The zero-order chi connectivity index (χ0) is 7.58. The minimum Gasteiger partial charge on any atom is -0.450 e. The van der Waals surface area contributed by atoms with Gasteiger partial charge in [0.05, 0.1) is 0 Å². The first kappa shape index (κ1) is 15.9. The SMILES string of the molecule is C=C.C=C.O=C(O)O. The summed E-state index contributed by atoms with van der Waals surface area (Å²) in [5.41, 5.74) is 0. The molecule has 0 atom stereocenters. The standard InChI is InChI=1S/2C2H4.CH2O3/c2*1-2;2-1(3)4/h2*1-2H2;(H2,2,3,4). The molecule has 0 fully saturated rings. The number of rotatable bonds is 0. The quantitative estimate of drug-likeness (QED) is 0.477. The average molecular weight is 118 g/mol. The van der Waals surface area contributed by atoms with Crippen LogP contribution in [-0.2, 0) is 0 Å². The van der Waals surface area contributed by atoms with Gasteiger partial charge in [-0.2, -0.15) is 0 Å². The second-order valence-electron chi connectivity index (χ2n) is 0.283. The van der Waals surface area contributed by atoms with Crippen LogP contribution in [-0.4, -0.2) is 16.4 Å². The van der Waals surface area contributed by atoms with Gasteiger partial charge in [0.15, 0.2) is 0 Å². The van der Waals surface area contributed by atoms with E-state index in [1.165, 1.54) is 0 Å². The van der Waals surface area contributed by atoms with Gasteiger partial charge in [0.1, 0.15) is 0 Å². The summed E-state index contributed by atoms with van der Waals surface area (Å²) in [5.74, 6) is 0. The van der Waals surface area contributed by atoms with Crippen LogP contribution >= 0.6 is 0 Å². The number of carbonyl (C=O) groups is 1. The fourth-order valence-electron chi connectivity index (χ4n) is 0. The van der Waals surface area contributed by atoms with Crippen LogP contribution in [0.2, 0.25) is 0 Å². The van der Waals surface area contributed by atoms with E-state index in [-0.39, 0.29) is 0 Å². The third-order valence-corrected chi connectivity index (χ3v) is 0. The minimum atomic E-state index is -1.83. The first-order chi connectivity index (χ1) is 3.73. The Morgan fingerprint density at radius 3 is 1.00 bits per heavy atom. The van der Waals surface area contributed by atoms with E-state index in [1.807, 2.05) is 0 Å². The fraction of sp³-hybridized carbons (Fsp3) is 0. The smallest absolute Gasteiger partial charge is 0.450 e.